The molecule has 0 aliphatic carbocycles. The average molecular weight is 597 g/mol. The summed E-state index contributed by atoms with van der Waals surface area (Å²) in [5.41, 5.74) is 5.12. The fraction of sp³-hybridized carbons (Fsp3) is 0.156. The number of nitro groups is 1. The number of hydrogen-bond donors (Lipinski definition) is 2. The second kappa shape index (κ2) is 13.3. The molecule has 1 unspecified atom stereocenters. The summed E-state index contributed by atoms with van der Waals surface area (Å²) >= 11 is 1.39. The molecule has 43 heavy (non-hydrogen) atoms. The van der Waals surface area contributed by atoms with Gasteiger partial charge < -0.3 is 10.6 Å². The predicted molar refractivity (Wildman–Crippen MR) is 165 cm³/mol. The fourth-order valence-electron chi connectivity index (χ4n) is 4.62. The van der Waals surface area contributed by atoms with Crippen molar-refractivity contribution >= 4 is 29.2 Å². The van der Waals surface area contributed by atoms with Gasteiger partial charge in [-0.25, -0.2) is 9.18 Å². The van der Waals surface area contributed by atoms with Crippen molar-refractivity contribution in [1.29, 1.82) is 0 Å². The van der Waals surface area contributed by atoms with Crippen LogP contribution in [0, 0.1) is 29.8 Å². The lowest BCUT2D eigenvalue weighted by Gasteiger charge is -2.21. The third-order valence-corrected chi connectivity index (χ3v) is 7.79. The number of anilines is 1. The van der Waals surface area contributed by atoms with E-state index < -0.39 is 17.0 Å². The van der Waals surface area contributed by atoms with Crippen LogP contribution in [0.1, 0.15) is 34.1 Å². The van der Waals surface area contributed by atoms with Crippen molar-refractivity contribution in [3.05, 3.63) is 141 Å². The van der Waals surface area contributed by atoms with E-state index >= 15 is 0 Å². The molecule has 0 fully saturated rings. The summed E-state index contributed by atoms with van der Waals surface area (Å²) in [7, 11) is 0. The number of thioether (sulfide) groups is 1. The Morgan fingerprint density at radius 2 is 1.67 bits per heavy atom. The van der Waals surface area contributed by atoms with E-state index in [4.69, 9.17) is 0 Å². The molecule has 1 aromatic heterocycles. The molecule has 0 aliphatic rings. The fourth-order valence-corrected chi connectivity index (χ4v) is 5.54. The van der Waals surface area contributed by atoms with Crippen LogP contribution >= 0.6 is 11.8 Å². The molecule has 9 nitrogen and oxygen atoms in total. The standard InChI is InChI=1S/C32H29FN6O3S/c1-21-8-17-28(22(2)18-21)34-31(40)35-29(19-23-6-4-3-5-7-23)30-36-37-32(43-20-24-9-11-25(33)12-10-24)38(30)26-13-15-27(16-14-26)39(41)42/h3-18,29H,19-20H2,1-2H3,(H2,34,35,40). The monoisotopic (exact) mass is 596 g/mol. The van der Waals surface area contributed by atoms with Gasteiger partial charge in [0.15, 0.2) is 11.0 Å². The van der Waals surface area contributed by atoms with Gasteiger partial charge in [0.1, 0.15) is 5.82 Å². The van der Waals surface area contributed by atoms with Crippen LogP contribution in [0.5, 0.6) is 0 Å². The lowest BCUT2D eigenvalue weighted by atomic mass is 10.1. The molecular weight excluding hydrogens is 567 g/mol. The SMILES string of the molecule is Cc1ccc(NC(=O)NC(Cc2ccccc2)c2nnc(SCc3ccc(F)cc3)n2-c2ccc([N+](=O)[O-])cc2)c(C)c1. The summed E-state index contributed by atoms with van der Waals surface area (Å²) in [5, 5.41) is 26.8. The number of nitrogens with zero attached hydrogens (tertiary/aromatic N) is 4. The third kappa shape index (κ3) is 7.44. The molecule has 0 bridgehead atoms. The van der Waals surface area contributed by atoms with Crippen LogP contribution in [0.2, 0.25) is 0 Å². The number of aromatic nitrogens is 3. The first-order valence-electron chi connectivity index (χ1n) is 13.5. The van der Waals surface area contributed by atoms with Gasteiger partial charge in [0.25, 0.3) is 5.69 Å². The molecule has 0 aliphatic heterocycles. The molecule has 5 aromatic rings. The van der Waals surface area contributed by atoms with E-state index in [0.29, 0.717) is 34.5 Å². The predicted octanol–water partition coefficient (Wildman–Crippen LogP) is 7.33. The number of rotatable bonds is 10. The molecule has 11 heteroatoms. The van der Waals surface area contributed by atoms with Crippen LogP contribution in [0.15, 0.2) is 102 Å². The Kier molecular flexibility index (Phi) is 9.11. The Bertz CT molecular complexity index is 1730. The van der Waals surface area contributed by atoms with Gasteiger partial charge in [-0.2, -0.15) is 0 Å². The van der Waals surface area contributed by atoms with Gasteiger partial charge in [-0.3, -0.25) is 14.7 Å². The number of non-ortho nitro benzene ring substituents is 1. The summed E-state index contributed by atoms with van der Waals surface area (Å²) in [6, 6.07) is 26.7. The maximum Gasteiger partial charge on any atom is 0.319 e. The highest BCUT2D eigenvalue weighted by Crippen LogP contribution is 2.30. The van der Waals surface area contributed by atoms with Gasteiger partial charge in [-0.05, 0) is 60.9 Å². The molecule has 0 spiro atoms. The first kappa shape index (κ1) is 29.5. The molecule has 0 radical (unpaired) electrons. The summed E-state index contributed by atoms with van der Waals surface area (Å²) in [6.45, 7) is 3.92. The van der Waals surface area contributed by atoms with Crippen LogP contribution in [-0.4, -0.2) is 25.7 Å². The van der Waals surface area contributed by atoms with Gasteiger partial charge in [-0.15, -0.1) is 10.2 Å². The van der Waals surface area contributed by atoms with Crippen molar-refractivity contribution in [2.24, 2.45) is 0 Å². The van der Waals surface area contributed by atoms with E-state index in [0.717, 1.165) is 22.3 Å². The highest BCUT2D eigenvalue weighted by Gasteiger charge is 2.25. The molecule has 0 saturated heterocycles. The van der Waals surface area contributed by atoms with Crippen LogP contribution in [0.4, 0.5) is 20.6 Å². The third-order valence-electron chi connectivity index (χ3n) is 6.79. The van der Waals surface area contributed by atoms with Crippen molar-refractivity contribution in [1.82, 2.24) is 20.1 Å². The first-order valence-corrected chi connectivity index (χ1v) is 14.5. The Morgan fingerprint density at radius 3 is 2.35 bits per heavy atom. The van der Waals surface area contributed by atoms with E-state index in [9.17, 15) is 19.3 Å². The normalized spacial score (nSPS) is 11.6. The maximum absolute atomic E-state index is 13.5. The van der Waals surface area contributed by atoms with E-state index in [-0.39, 0.29) is 11.5 Å². The number of halogens is 1. The minimum absolute atomic E-state index is 0.0503. The topological polar surface area (TPSA) is 115 Å². The molecule has 2 amide bonds. The Balaban J connectivity index is 1.51. The second-order valence-electron chi connectivity index (χ2n) is 10.0. The molecule has 1 heterocycles. The van der Waals surface area contributed by atoms with Crippen molar-refractivity contribution < 1.29 is 14.1 Å². The lowest BCUT2D eigenvalue weighted by Crippen LogP contribution is -2.35. The van der Waals surface area contributed by atoms with E-state index in [2.05, 4.69) is 20.8 Å². The van der Waals surface area contributed by atoms with Crippen LogP contribution in [0.25, 0.3) is 5.69 Å². The molecule has 0 saturated carbocycles. The second-order valence-corrected chi connectivity index (χ2v) is 11.0. The van der Waals surface area contributed by atoms with Gasteiger partial charge in [0.05, 0.1) is 11.0 Å². The summed E-state index contributed by atoms with van der Waals surface area (Å²) in [6.07, 6.45) is 0.412. The quantitative estimate of drug-likeness (QED) is 0.0991. The minimum Gasteiger partial charge on any atom is -0.327 e. The van der Waals surface area contributed by atoms with E-state index in [1.54, 1.807) is 28.8 Å². The van der Waals surface area contributed by atoms with Crippen molar-refractivity contribution in [3.63, 3.8) is 0 Å². The Labute approximate surface area is 252 Å². The average Bonchev–Trinajstić information content (AvgIpc) is 3.42. The van der Waals surface area contributed by atoms with Gasteiger partial charge in [0.2, 0.25) is 0 Å². The van der Waals surface area contributed by atoms with Crippen LogP contribution < -0.4 is 10.6 Å². The number of aryl methyl sites for hydroxylation is 2. The number of nitro benzene ring substituents is 1. The number of carbonyl (C=O) groups excluding carboxylic acids is 1. The lowest BCUT2D eigenvalue weighted by molar-refractivity contribution is -0.384. The maximum atomic E-state index is 13.5. The van der Waals surface area contributed by atoms with E-state index in [1.807, 2.05) is 62.4 Å². The van der Waals surface area contributed by atoms with Gasteiger partial charge in [-0.1, -0.05) is 71.9 Å². The van der Waals surface area contributed by atoms with Crippen molar-refractivity contribution in [2.75, 3.05) is 5.32 Å². The number of carbonyl (C=O) groups is 1. The first-order chi connectivity index (χ1) is 20.8. The van der Waals surface area contributed by atoms with Crippen LogP contribution in [0.3, 0.4) is 0 Å². The molecule has 4 aromatic carbocycles. The zero-order chi connectivity index (χ0) is 30.3. The number of nitrogens with one attached hydrogen (secondary N) is 2. The molecule has 1 atom stereocenters. The Morgan fingerprint density at radius 1 is 0.953 bits per heavy atom. The largest absolute Gasteiger partial charge is 0.327 e. The summed E-state index contributed by atoms with van der Waals surface area (Å²) in [4.78, 5) is 24.2. The molecule has 5 rings (SSSR count). The molecule has 218 valence electrons. The van der Waals surface area contributed by atoms with Crippen molar-refractivity contribution in [2.45, 2.75) is 37.2 Å². The van der Waals surface area contributed by atoms with Gasteiger partial charge in [0, 0.05) is 35.7 Å². The number of amides is 2. The smallest absolute Gasteiger partial charge is 0.319 e. The zero-order valence-corrected chi connectivity index (χ0v) is 24.3. The summed E-state index contributed by atoms with van der Waals surface area (Å²) in [5.74, 6) is 0.615. The highest BCUT2D eigenvalue weighted by atomic mass is 32.2. The highest BCUT2D eigenvalue weighted by molar-refractivity contribution is 7.98. The zero-order valence-electron chi connectivity index (χ0n) is 23.5. The number of benzene rings is 4. The summed E-state index contributed by atoms with van der Waals surface area (Å²) < 4.78 is 15.3. The van der Waals surface area contributed by atoms with E-state index in [1.165, 1.54) is 36.0 Å². The Hall–Kier alpha value is -5.03. The van der Waals surface area contributed by atoms with Gasteiger partial charge >= 0.3 is 6.03 Å². The number of urea groups is 1. The number of hydrogen-bond acceptors (Lipinski definition) is 6. The minimum atomic E-state index is -0.615. The van der Waals surface area contributed by atoms with Crippen molar-refractivity contribution in [3.8, 4) is 5.69 Å². The van der Waals surface area contributed by atoms with Crippen LogP contribution in [-0.2, 0) is 12.2 Å². The molecular formula is C32H29FN6O3S. The molecule has 2 N–H and O–H groups in total.